The fourth-order valence-electron chi connectivity index (χ4n) is 3.36. The molecule has 0 atom stereocenters. The molecule has 0 aliphatic heterocycles. The van der Waals surface area contributed by atoms with Gasteiger partial charge in [0, 0.05) is 11.3 Å². The summed E-state index contributed by atoms with van der Waals surface area (Å²) in [7, 11) is 0. The first kappa shape index (κ1) is 18.5. The van der Waals surface area contributed by atoms with E-state index in [1.54, 1.807) is 31.2 Å². The van der Waals surface area contributed by atoms with E-state index in [1.807, 2.05) is 47.9 Å². The molecule has 0 aliphatic rings. The molecule has 29 heavy (non-hydrogen) atoms. The van der Waals surface area contributed by atoms with Crippen LogP contribution in [0.25, 0.3) is 33.0 Å². The minimum absolute atomic E-state index is 0.324. The van der Waals surface area contributed by atoms with Crippen LogP contribution in [0.2, 0.25) is 0 Å². The van der Waals surface area contributed by atoms with E-state index in [4.69, 9.17) is 16.3 Å². The van der Waals surface area contributed by atoms with Crippen molar-refractivity contribution < 1.29 is 9.53 Å². The van der Waals surface area contributed by atoms with Crippen LogP contribution in [0.4, 0.5) is 5.69 Å². The average molecular weight is 381 g/mol. The van der Waals surface area contributed by atoms with Gasteiger partial charge in [0.15, 0.2) is 5.69 Å². The highest BCUT2D eigenvalue weighted by atomic mass is 16.5. The SMILES string of the molecule is [C-]#[N+]c1ccc2c(c1)nc(-c1cccc(C)c1)n2-c1cccc(C(=O)OCC)c1. The molecule has 0 saturated heterocycles. The number of fused-ring (bicyclic) bond motifs is 1. The molecule has 0 amide bonds. The van der Waals surface area contributed by atoms with Gasteiger partial charge in [-0.1, -0.05) is 35.9 Å². The number of carbonyl (C=O) groups excluding carboxylic acids is 1. The number of aryl methyl sites for hydroxylation is 1. The topological polar surface area (TPSA) is 48.5 Å². The summed E-state index contributed by atoms with van der Waals surface area (Å²) in [4.78, 5) is 20.6. The van der Waals surface area contributed by atoms with Crippen molar-refractivity contribution in [3.8, 4) is 17.1 Å². The van der Waals surface area contributed by atoms with E-state index in [0.717, 1.165) is 33.7 Å². The van der Waals surface area contributed by atoms with Crippen molar-refractivity contribution in [2.45, 2.75) is 13.8 Å². The van der Waals surface area contributed by atoms with Crippen LogP contribution in [0.1, 0.15) is 22.8 Å². The molecule has 4 rings (SSSR count). The van der Waals surface area contributed by atoms with Crippen molar-refractivity contribution in [2.24, 2.45) is 0 Å². The van der Waals surface area contributed by atoms with Crippen molar-refractivity contribution in [3.63, 3.8) is 0 Å². The highest BCUT2D eigenvalue weighted by molar-refractivity contribution is 5.91. The number of carbonyl (C=O) groups is 1. The third-order valence-corrected chi connectivity index (χ3v) is 4.66. The van der Waals surface area contributed by atoms with Gasteiger partial charge in [0.1, 0.15) is 5.82 Å². The van der Waals surface area contributed by atoms with Gasteiger partial charge >= 0.3 is 5.97 Å². The summed E-state index contributed by atoms with van der Waals surface area (Å²) in [5, 5.41) is 0. The molecule has 0 fully saturated rings. The molecule has 1 heterocycles. The molecular weight excluding hydrogens is 362 g/mol. The summed E-state index contributed by atoms with van der Waals surface area (Å²) in [6, 6.07) is 20.9. The second-order valence-corrected chi connectivity index (χ2v) is 6.70. The summed E-state index contributed by atoms with van der Waals surface area (Å²) in [6.45, 7) is 11.4. The van der Waals surface area contributed by atoms with Crippen LogP contribution >= 0.6 is 0 Å². The first-order chi connectivity index (χ1) is 14.1. The van der Waals surface area contributed by atoms with Crippen LogP contribution in [0.3, 0.4) is 0 Å². The summed E-state index contributed by atoms with van der Waals surface area (Å²) >= 11 is 0. The van der Waals surface area contributed by atoms with Crippen molar-refractivity contribution in [1.29, 1.82) is 0 Å². The molecule has 1 aromatic heterocycles. The molecule has 0 N–H and O–H groups in total. The highest BCUT2D eigenvalue weighted by Crippen LogP contribution is 2.31. The maximum absolute atomic E-state index is 12.2. The number of aromatic nitrogens is 2. The zero-order valence-electron chi connectivity index (χ0n) is 16.2. The number of hydrogen-bond donors (Lipinski definition) is 0. The molecule has 0 aliphatic carbocycles. The van der Waals surface area contributed by atoms with Gasteiger partial charge in [-0.2, -0.15) is 0 Å². The van der Waals surface area contributed by atoms with Crippen LogP contribution in [0.5, 0.6) is 0 Å². The number of ether oxygens (including phenoxy) is 1. The molecule has 5 heteroatoms. The minimum Gasteiger partial charge on any atom is -0.462 e. The van der Waals surface area contributed by atoms with E-state index in [0.29, 0.717) is 17.9 Å². The summed E-state index contributed by atoms with van der Waals surface area (Å²) in [6.07, 6.45) is 0. The highest BCUT2D eigenvalue weighted by Gasteiger charge is 2.16. The van der Waals surface area contributed by atoms with Crippen LogP contribution in [-0.4, -0.2) is 22.1 Å². The molecule has 5 nitrogen and oxygen atoms in total. The molecule has 3 aromatic carbocycles. The Kier molecular flexibility index (Phi) is 4.84. The van der Waals surface area contributed by atoms with E-state index in [9.17, 15) is 4.79 Å². The van der Waals surface area contributed by atoms with E-state index in [2.05, 4.69) is 10.9 Å². The molecule has 0 radical (unpaired) electrons. The Labute approximate surface area is 169 Å². The first-order valence-corrected chi connectivity index (χ1v) is 9.35. The van der Waals surface area contributed by atoms with Crippen molar-refractivity contribution >= 4 is 22.7 Å². The Morgan fingerprint density at radius 2 is 1.93 bits per heavy atom. The molecule has 0 saturated carbocycles. The molecule has 0 spiro atoms. The predicted molar refractivity (Wildman–Crippen MR) is 113 cm³/mol. The number of nitrogens with zero attached hydrogens (tertiary/aromatic N) is 3. The molecular formula is C24H19N3O2. The number of rotatable bonds is 4. The van der Waals surface area contributed by atoms with Gasteiger partial charge in [-0.05, 0) is 50.2 Å². The van der Waals surface area contributed by atoms with Gasteiger partial charge in [0.25, 0.3) is 0 Å². The third-order valence-electron chi connectivity index (χ3n) is 4.66. The van der Waals surface area contributed by atoms with Gasteiger partial charge in [0.2, 0.25) is 0 Å². The Hall–Kier alpha value is -3.91. The lowest BCUT2D eigenvalue weighted by Crippen LogP contribution is -2.06. The standard InChI is InChI=1S/C24H19N3O2/c1-4-29-24(28)18-9-6-10-20(14-18)27-22-12-11-19(25-3)15-21(22)26-23(27)17-8-5-7-16(2)13-17/h5-15H,4H2,1-2H3. The molecule has 4 aromatic rings. The zero-order valence-corrected chi connectivity index (χ0v) is 16.2. The van der Waals surface area contributed by atoms with Crippen molar-refractivity contribution in [1.82, 2.24) is 9.55 Å². The van der Waals surface area contributed by atoms with Gasteiger partial charge in [0.05, 0.1) is 29.8 Å². The lowest BCUT2D eigenvalue weighted by molar-refractivity contribution is 0.0526. The van der Waals surface area contributed by atoms with Gasteiger partial charge < -0.3 is 4.74 Å². The quantitative estimate of drug-likeness (QED) is 0.335. The summed E-state index contributed by atoms with van der Waals surface area (Å²) in [5.74, 6) is 0.401. The van der Waals surface area contributed by atoms with E-state index < -0.39 is 0 Å². The monoisotopic (exact) mass is 381 g/mol. The maximum Gasteiger partial charge on any atom is 0.338 e. The second-order valence-electron chi connectivity index (χ2n) is 6.70. The maximum atomic E-state index is 12.2. The Morgan fingerprint density at radius 3 is 2.69 bits per heavy atom. The lowest BCUT2D eigenvalue weighted by atomic mass is 10.1. The van der Waals surface area contributed by atoms with Crippen molar-refractivity contribution in [3.05, 3.63) is 89.3 Å². The van der Waals surface area contributed by atoms with Gasteiger partial charge in [-0.25, -0.2) is 14.6 Å². The first-order valence-electron chi connectivity index (χ1n) is 9.35. The van der Waals surface area contributed by atoms with E-state index >= 15 is 0 Å². The normalized spacial score (nSPS) is 10.7. The average Bonchev–Trinajstić information content (AvgIpc) is 3.12. The minimum atomic E-state index is -0.355. The number of imidazole rings is 1. The fourth-order valence-corrected chi connectivity index (χ4v) is 3.36. The predicted octanol–water partition coefficient (Wildman–Crippen LogP) is 5.73. The Morgan fingerprint density at radius 1 is 1.10 bits per heavy atom. The molecule has 0 bridgehead atoms. The lowest BCUT2D eigenvalue weighted by Gasteiger charge is -2.11. The number of benzene rings is 3. The molecule has 0 unspecified atom stereocenters. The van der Waals surface area contributed by atoms with Crippen LogP contribution < -0.4 is 0 Å². The van der Waals surface area contributed by atoms with Crippen LogP contribution in [-0.2, 0) is 4.74 Å². The Bertz CT molecular complexity index is 1260. The second kappa shape index (κ2) is 7.61. The Balaban J connectivity index is 1.98. The van der Waals surface area contributed by atoms with Crippen molar-refractivity contribution in [2.75, 3.05) is 6.61 Å². The zero-order chi connectivity index (χ0) is 20.4. The number of esters is 1. The third kappa shape index (κ3) is 3.48. The summed E-state index contributed by atoms with van der Waals surface area (Å²) in [5.41, 5.74) is 5.53. The van der Waals surface area contributed by atoms with Gasteiger partial charge in [-0.3, -0.25) is 4.57 Å². The fraction of sp³-hybridized carbons (Fsp3) is 0.125. The van der Waals surface area contributed by atoms with Crippen LogP contribution in [0, 0.1) is 13.5 Å². The molecule has 142 valence electrons. The largest absolute Gasteiger partial charge is 0.462 e. The van der Waals surface area contributed by atoms with E-state index in [1.165, 1.54) is 0 Å². The summed E-state index contributed by atoms with van der Waals surface area (Å²) < 4.78 is 7.17. The van der Waals surface area contributed by atoms with Crippen LogP contribution in [0.15, 0.2) is 66.7 Å². The smallest absolute Gasteiger partial charge is 0.338 e. The van der Waals surface area contributed by atoms with Gasteiger partial charge in [-0.15, -0.1) is 0 Å². The van der Waals surface area contributed by atoms with E-state index in [-0.39, 0.29) is 5.97 Å². The number of hydrogen-bond acceptors (Lipinski definition) is 3.